The molecular weight excluding hydrogens is 386 g/mol. The summed E-state index contributed by atoms with van der Waals surface area (Å²) < 4.78 is 17.7. The zero-order valence-electron chi connectivity index (χ0n) is 16.1. The van der Waals surface area contributed by atoms with Crippen LogP contribution >= 0.6 is 11.3 Å². The van der Waals surface area contributed by atoms with Gasteiger partial charge in [0.05, 0.1) is 11.4 Å². The molecule has 0 radical (unpaired) electrons. The molecule has 5 nitrogen and oxygen atoms in total. The molecule has 2 aliphatic heterocycles. The van der Waals surface area contributed by atoms with E-state index in [1.54, 1.807) is 0 Å². The Hall–Kier alpha value is -2.99. The van der Waals surface area contributed by atoms with E-state index in [0.717, 1.165) is 38.1 Å². The van der Waals surface area contributed by atoms with Gasteiger partial charge in [-0.25, -0.2) is 0 Å². The van der Waals surface area contributed by atoms with Crippen LogP contribution in [0.3, 0.4) is 0 Å². The first-order valence-corrected chi connectivity index (χ1v) is 10.6. The molecule has 5 rings (SSSR count). The summed E-state index contributed by atoms with van der Waals surface area (Å²) in [6, 6.07) is 17.6. The molecule has 0 fully saturated rings. The number of nitrogens with zero attached hydrogens (tertiary/aromatic N) is 1. The predicted molar refractivity (Wildman–Crippen MR) is 112 cm³/mol. The first-order valence-electron chi connectivity index (χ1n) is 9.75. The molecule has 1 aromatic heterocycles. The molecule has 0 saturated heterocycles. The van der Waals surface area contributed by atoms with Crippen LogP contribution in [0, 0.1) is 0 Å². The summed E-state index contributed by atoms with van der Waals surface area (Å²) in [7, 11) is 0. The number of hydrogen-bond acceptors (Lipinski definition) is 5. The normalized spacial score (nSPS) is 16.4. The Bertz CT molecular complexity index is 1060. The Morgan fingerprint density at radius 3 is 2.66 bits per heavy atom. The molecule has 1 unspecified atom stereocenters. The number of ether oxygens (including phenoxy) is 3. The number of hydrogen-bond donors (Lipinski definition) is 0. The van der Waals surface area contributed by atoms with Crippen LogP contribution in [0.1, 0.15) is 22.2 Å². The summed E-state index contributed by atoms with van der Waals surface area (Å²) in [5, 5.41) is 0. The summed E-state index contributed by atoms with van der Waals surface area (Å²) in [4.78, 5) is 16.9. The maximum absolute atomic E-state index is 13.2. The Morgan fingerprint density at radius 2 is 1.83 bits per heavy atom. The van der Waals surface area contributed by atoms with E-state index in [1.165, 1.54) is 11.3 Å². The maximum Gasteiger partial charge on any atom is 0.264 e. The SMILES string of the molecule is CCN(CC1COc2ccccc2O1)C(=O)c1cc2c(s1)-c1ccccc1OC2. The molecule has 1 amide bonds. The van der Waals surface area contributed by atoms with Crippen LogP contribution in [0.25, 0.3) is 10.4 Å². The van der Waals surface area contributed by atoms with Crippen LogP contribution in [-0.4, -0.2) is 36.6 Å². The van der Waals surface area contributed by atoms with Crippen LogP contribution in [-0.2, 0) is 6.61 Å². The minimum absolute atomic E-state index is 0.0202. The summed E-state index contributed by atoms with van der Waals surface area (Å²) >= 11 is 1.54. The van der Waals surface area contributed by atoms with E-state index in [4.69, 9.17) is 14.2 Å². The third-order valence-corrected chi connectivity index (χ3v) is 6.39. The molecule has 3 aromatic rings. The molecule has 1 atom stereocenters. The van der Waals surface area contributed by atoms with Crippen molar-refractivity contribution in [1.82, 2.24) is 4.90 Å². The number of benzene rings is 2. The van der Waals surface area contributed by atoms with Crippen LogP contribution in [0.4, 0.5) is 0 Å². The molecule has 2 aromatic carbocycles. The van der Waals surface area contributed by atoms with Crippen molar-refractivity contribution in [2.24, 2.45) is 0 Å². The number of para-hydroxylation sites is 3. The van der Waals surface area contributed by atoms with Crippen molar-refractivity contribution in [2.75, 3.05) is 19.7 Å². The largest absolute Gasteiger partial charge is 0.488 e. The molecular formula is C23H21NO4S. The zero-order chi connectivity index (χ0) is 19.8. The Labute approximate surface area is 173 Å². The maximum atomic E-state index is 13.2. The second-order valence-electron chi connectivity index (χ2n) is 7.09. The van der Waals surface area contributed by atoms with Gasteiger partial charge in [-0.2, -0.15) is 0 Å². The predicted octanol–water partition coefficient (Wildman–Crippen LogP) is 4.61. The van der Waals surface area contributed by atoms with E-state index in [0.29, 0.717) is 26.3 Å². The Balaban J connectivity index is 1.35. The second-order valence-corrected chi connectivity index (χ2v) is 8.14. The molecule has 6 heteroatoms. The highest BCUT2D eigenvalue weighted by atomic mass is 32.1. The second kappa shape index (κ2) is 7.44. The highest BCUT2D eigenvalue weighted by Crippen LogP contribution is 2.42. The molecule has 0 aliphatic carbocycles. The van der Waals surface area contributed by atoms with Gasteiger partial charge in [0, 0.05) is 22.5 Å². The van der Waals surface area contributed by atoms with E-state index in [-0.39, 0.29) is 12.0 Å². The van der Waals surface area contributed by atoms with Gasteiger partial charge in [0.2, 0.25) is 0 Å². The van der Waals surface area contributed by atoms with Crippen molar-refractivity contribution >= 4 is 17.2 Å². The monoisotopic (exact) mass is 407 g/mol. The quantitative estimate of drug-likeness (QED) is 0.634. The zero-order valence-corrected chi connectivity index (χ0v) is 16.9. The number of carbonyl (C=O) groups excluding carboxylic acids is 1. The summed E-state index contributed by atoms with van der Waals surface area (Å²) in [5.74, 6) is 2.38. The van der Waals surface area contributed by atoms with Gasteiger partial charge < -0.3 is 19.1 Å². The van der Waals surface area contributed by atoms with Crippen molar-refractivity contribution in [3.8, 4) is 27.7 Å². The minimum Gasteiger partial charge on any atom is -0.488 e. The van der Waals surface area contributed by atoms with Gasteiger partial charge in [-0.1, -0.05) is 24.3 Å². The van der Waals surface area contributed by atoms with Gasteiger partial charge in [-0.15, -0.1) is 11.3 Å². The summed E-state index contributed by atoms with van der Waals surface area (Å²) in [6.45, 7) is 4.01. The molecule has 2 aliphatic rings. The molecule has 0 N–H and O–H groups in total. The minimum atomic E-state index is -0.188. The van der Waals surface area contributed by atoms with Gasteiger partial charge >= 0.3 is 0 Å². The molecule has 0 bridgehead atoms. The third-order valence-electron chi connectivity index (χ3n) is 5.20. The van der Waals surface area contributed by atoms with Gasteiger partial charge in [-0.3, -0.25) is 4.79 Å². The smallest absolute Gasteiger partial charge is 0.264 e. The number of likely N-dealkylation sites (N-methyl/N-ethyl adjacent to an activating group) is 1. The van der Waals surface area contributed by atoms with Crippen molar-refractivity contribution < 1.29 is 19.0 Å². The summed E-state index contributed by atoms with van der Waals surface area (Å²) in [6.07, 6.45) is -0.188. The Kier molecular flexibility index (Phi) is 4.64. The lowest BCUT2D eigenvalue weighted by Crippen LogP contribution is -2.43. The molecule has 3 heterocycles. The lowest BCUT2D eigenvalue weighted by atomic mass is 10.1. The average Bonchev–Trinajstić information content (AvgIpc) is 3.22. The van der Waals surface area contributed by atoms with Crippen LogP contribution in [0.2, 0.25) is 0 Å². The lowest BCUT2D eigenvalue weighted by molar-refractivity contribution is 0.0478. The highest BCUT2D eigenvalue weighted by Gasteiger charge is 2.28. The molecule has 0 saturated carbocycles. The fraction of sp³-hybridized carbons (Fsp3) is 0.261. The fourth-order valence-electron chi connectivity index (χ4n) is 3.72. The fourth-order valence-corrected chi connectivity index (χ4v) is 4.88. The first kappa shape index (κ1) is 18.1. The highest BCUT2D eigenvalue weighted by molar-refractivity contribution is 7.17. The molecule has 29 heavy (non-hydrogen) atoms. The van der Waals surface area contributed by atoms with Crippen LogP contribution < -0.4 is 14.2 Å². The number of carbonyl (C=O) groups is 1. The number of rotatable bonds is 4. The van der Waals surface area contributed by atoms with E-state index in [2.05, 4.69) is 0 Å². The standard InChI is InChI=1S/C23H21NO4S/c1-2-24(12-16-14-27-19-9-5-6-10-20(19)28-16)23(25)21-11-15-13-26-18-8-4-3-7-17(18)22(15)29-21/h3-11,16H,2,12-14H2,1H3. The van der Waals surface area contributed by atoms with Crippen LogP contribution in [0.15, 0.2) is 54.6 Å². The van der Waals surface area contributed by atoms with Crippen molar-refractivity contribution in [2.45, 2.75) is 19.6 Å². The summed E-state index contributed by atoms with van der Waals surface area (Å²) in [5.41, 5.74) is 2.13. The molecule has 148 valence electrons. The van der Waals surface area contributed by atoms with E-state index < -0.39 is 0 Å². The van der Waals surface area contributed by atoms with E-state index in [1.807, 2.05) is 66.4 Å². The van der Waals surface area contributed by atoms with Crippen molar-refractivity contribution in [3.63, 3.8) is 0 Å². The van der Waals surface area contributed by atoms with E-state index >= 15 is 0 Å². The topological polar surface area (TPSA) is 48.0 Å². The van der Waals surface area contributed by atoms with Gasteiger partial charge in [0.25, 0.3) is 5.91 Å². The van der Waals surface area contributed by atoms with Gasteiger partial charge in [-0.05, 0) is 37.3 Å². The number of amides is 1. The number of thiophene rings is 1. The van der Waals surface area contributed by atoms with Crippen molar-refractivity contribution in [3.05, 3.63) is 65.0 Å². The van der Waals surface area contributed by atoms with Gasteiger partial charge in [0.1, 0.15) is 19.0 Å². The average molecular weight is 407 g/mol. The number of fused-ring (bicyclic) bond motifs is 4. The van der Waals surface area contributed by atoms with Crippen LogP contribution in [0.5, 0.6) is 17.2 Å². The molecule has 0 spiro atoms. The van der Waals surface area contributed by atoms with Gasteiger partial charge in [0.15, 0.2) is 17.6 Å². The van der Waals surface area contributed by atoms with E-state index in [9.17, 15) is 4.79 Å². The van der Waals surface area contributed by atoms with Crippen molar-refractivity contribution in [1.29, 1.82) is 0 Å². The third kappa shape index (κ3) is 3.34. The first-order chi connectivity index (χ1) is 14.2. The lowest BCUT2D eigenvalue weighted by Gasteiger charge is -2.30. The Morgan fingerprint density at radius 1 is 1.07 bits per heavy atom.